The maximum Gasteiger partial charge on any atom is 0.221 e. The van der Waals surface area contributed by atoms with E-state index in [2.05, 4.69) is 33.0 Å². The topological polar surface area (TPSA) is 50.2 Å². The van der Waals surface area contributed by atoms with Crippen LogP contribution in [-0.4, -0.2) is 46.3 Å². The lowest BCUT2D eigenvalue weighted by Gasteiger charge is -2.39. The Morgan fingerprint density at radius 2 is 2.00 bits per heavy atom. The summed E-state index contributed by atoms with van der Waals surface area (Å²) in [6.07, 6.45) is 6.81. The Morgan fingerprint density at radius 1 is 1.27 bits per heavy atom. The third-order valence-electron chi connectivity index (χ3n) is 4.95. The molecular weight excluding hydrogens is 276 g/mol. The number of hydrogen-bond donors (Lipinski definition) is 1. The van der Waals surface area contributed by atoms with Crippen LogP contribution in [0, 0.1) is 13.8 Å². The van der Waals surface area contributed by atoms with Crippen molar-refractivity contribution in [3.05, 3.63) is 17.5 Å². The molecule has 1 saturated heterocycles. The minimum absolute atomic E-state index is 0.224. The zero-order valence-corrected chi connectivity index (χ0v) is 13.8. The van der Waals surface area contributed by atoms with Gasteiger partial charge >= 0.3 is 0 Å². The van der Waals surface area contributed by atoms with Crippen molar-refractivity contribution in [2.24, 2.45) is 0 Å². The standard InChI is InChI=1S/C17H28N4O/c1-13-10-14(2)21(19-13)16-11-20(12-16)9-8-17(22)18-15-6-4-3-5-7-15/h10,15-16H,3-9,11-12H2,1-2H3,(H,18,22). The Balaban J connectivity index is 1.35. The Bertz CT molecular complexity index is 513. The van der Waals surface area contributed by atoms with Crippen molar-refractivity contribution in [1.29, 1.82) is 0 Å². The van der Waals surface area contributed by atoms with Crippen LogP contribution in [-0.2, 0) is 4.79 Å². The molecule has 1 aromatic rings. The van der Waals surface area contributed by atoms with E-state index in [4.69, 9.17) is 0 Å². The summed E-state index contributed by atoms with van der Waals surface area (Å²) in [5.41, 5.74) is 2.32. The molecule has 0 radical (unpaired) electrons. The molecule has 0 atom stereocenters. The van der Waals surface area contributed by atoms with Crippen LogP contribution in [0.3, 0.4) is 0 Å². The third-order valence-corrected chi connectivity index (χ3v) is 4.95. The van der Waals surface area contributed by atoms with Gasteiger partial charge in [0.15, 0.2) is 0 Å². The van der Waals surface area contributed by atoms with Crippen molar-refractivity contribution in [2.45, 2.75) is 64.5 Å². The Labute approximate surface area is 133 Å². The molecular formula is C17H28N4O. The van der Waals surface area contributed by atoms with E-state index in [0.29, 0.717) is 18.5 Å². The molecule has 5 nitrogen and oxygen atoms in total. The summed E-state index contributed by atoms with van der Waals surface area (Å²) in [4.78, 5) is 14.4. The van der Waals surface area contributed by atoms with E-state index >= 15 is 0 Å². The summed E-state index contributed by atoms with van der Waals surface area (Å²) in [6, 6.07) is 3.04. The van der Waals surface area contributed by atoms with Crippen LogP contribution in [0.2, 0.25) is 0 Å². The lowest BCUT2D eigenvalue weighted by atomic mass is 9.95. The number of aromatic nitrogens is 2. The predicted molar refractivity (Wildman–Crippen MR) is 86.8 cm³/mol. The SMILES string of the molecule is Cc1cc(C)n(C2CN(CCC(=O)NC3CCCCC3)C2)n1. The number of rotatable bonds is 5. The molecule has 1 N–H and O–H groups in total. The molecule has 0 aromatic carbocycles. The first-order valence-electron chi connectivity index (χ1n) is 8.66. The molecule has 3 rings (SSSR count). The highest BCUT2D eigenvalue weighted by Gasteiger charge is 2.29. The molecule has 0 unspecified atom stereocenters. The molecule has 2 heterocycles. The predicted octanol–water partition coefficient (Wildman–Crippen LogP) is 2.20. The largest absolute Gasteiger partial charge is 0.353 e. The van der Waals surface area contributed by atoms with Gasteiger partial charge in [-0.05, 0) is 32.8 Å². The van der Waals surface area contributed by atoms with Gasteiger partial charge in [0.2, 0.25) is 5.91 Å². The third kappa shape index (κ3) is 3.69. The number of hydrogen-bond acceptors (Lipinski definition) is 3. The second-order valence-electron chi connectivity index (χ2n) is 6.94. The van der Waals surface area contributed by atoms with Crippen molar-refractivity contribution in [1.82, 2.24) is 20.0 Å². The smallest absolute Gasteiger partial charge is 0.221 e. The van der Waals surface area contributed by atoms with E-state index < -0.39 is 0 Å². The van der Waals surface area contributed by atoms with Gasteiger partial charge in [-0.1, -0.05) is 19.3 Å². The summed E-state index contributed by atoms with van der Waals surface area (Å²) >= 11 is 0. The minimum Gasteiger partial charge on any atom is -0.353 e. The monoisotopic (exact) mass is 304 g/mol. The fourth-order valence-electron chi connectivity index (χ4n) is 3.70. The summed E-state index contributed by atoms with van der Waals surface area (Å²) in [5.74, 6) is 0.224. The zero-order valence-electron chi connectivity index (χ0n) is 13.8. The molecule has 5 heteroatoms. The lowest BCUT2D eigenvalue weighted by Crippen LogP contribution is -2.49. The molecule has 22 heavy (non-hydrogen) atoms. The van der Waals surface area contributed by atoms with Crippen LogP contribution >= 0.6 is 0 Å². The summed E-state index contributed by atoms with van der Waals surface area (Å²) < 4.78 is 2.13. The number of likely N-dealkylation sites (tertiary alicyclic amines) is 1. The number of nitrogens with zero attached hydrogens (tertiary/aromatic N) is 3. The average Bonchev–Trinajstić information content (AvgIpc) is 2.77. The van der Waals surface area contributed by atoms with E-state index in [-0.39, 0.29) is 5.91 Å². The molecule has 122 valence electrons. The molecule has 1 aliphatic heterocycles. The van der Waals surface area contributed by atoms with Crippen LogP contribution in [0.4, 0.5) is 0 Å². The average molecular weight is 304 g/mol. The van der Waals surface area contributed by atoms with Gasteiger partial charge in [-0.3, -0.25) is 14.4 Å². The van der Waals surface area contributed by atoms with Gasteiger partial charge in [-0.15, -0.1) is 0 Å². The van der Waals surface area contributed by atoms with Crippen molar-refractivity contribution in [3.63, 3.8) is 0 Å². The van der Waals surface area contributed by atoms with Crippen molar-refractivity contribution >= 4 is 5.91 Å². The Kier molecular flexibility index (Phi) is 4.81. The molecule has 2 aliphatic rings. The second kappa shape index (κ2) is 6.82. The van der Waals surface area contributed by atoms with E-state index in [1.807, 2.05) is 6.92 Å². The lowest BCUT2D eigenvalue weighted by molar-refractivity contribution is -0.122. The molecule has 0 bridgehead atoms. The maximum absolute atomic E-state index is 12.0. The number of nitrogens with one attached hydrogen (secondary N) is 1. The van der Waals surface area contributed by atoms with E-state index in [0.717, 1.165) is 38.2 Å². The first-order chi connectivity index (χ1) is 10.6. The number of carbonyl (C=O) groups is 1. The highest BCUT2D eigenvalue weighted by molar-refractivity contribution is 5.76. The molecule has 1 amide bonds. The summed E-state index contributed by atoms with van der Waals surface area (Å²) in [6.45, 7) is 7.04. The minimum atomic E-state index is 0.224. The van der Waals surface area contributed by atoms with Crippen LogP contribution in [0.1, 0.15) is 56.0 Å². The number of amides is 1. The molecule has 2 fully saturated rings. The van der Waals surface area contributed by atoms with Gasteiger partial charge in [0.25, 0.3) is 0 Å². The quantitative estimate of drug-likeness (QED) is 0.907. The van der Waals surface area contributed by atoms with Gasteiger partial charge in [-0.2, -0.15) is 5.10 Å². The number of aryl methyl sites for hydroxylation is 2. The van der Waals surface area contributed by atoms with Crippen LogP contribution < -0.4 is 5.32 Å². The first kappa shape index (κ1) is 15.5. The summed E-state index contributed by atoms with van der Waals surface area (Å²) in [5, 5.41) is 7.74. The molecule has 1 aromatic heterocycles. The second-order valence-corrected chi connectivity index (χ2v) is 6.94. The van der Waals surface area contributed by atoms with Crippen molar-refractivity contribution in [3.8, 4) is 0 Å². The highest BCUT2D eigenvalue weighted by Crippen LogP contribution is 2.23. The Hall–Kier alpha value is -1.36. The van der Waals surface area contributed by atoms with Gasteiger partial charge in [0, 0.05) is 37.8 Å². The maximum atomic E-state index is 12.0. The van der Waals surface area contributed by atoms with Crippen LogP contribution in [0.5, 0.6) is 0 Å². The number of carbonyl (C=O) groups excluding carboxylic acids is 1. The van der Waals surface area contributed by atoms with E-state index in [9.17, 15) is 4.79 Å². The van der Waals surface area contributed by atoms with Gasteiger partial charge in [0.1, 0.15) is 0 Å². The highest BCUT2D eigenvalue weighted by atomic mass is 16.1. The molecule has 1 saturated carbocycles. The normalized spacial score (nSPS) is 20.8. The first-order valence-corrected chi connectivity index (χ1v) is 8.66. The fraction of sp³-hybridized carbons (Fsp3) is 0.765. The van der Waals surface area contributed by atoms with Crippen molar-refractivity contribution in [2.75, 3.05) is 19.6 Å². The van der Waals surface area contributed by atoms with Gasteiger partial charge in [-0.25, -0.2) is 0 Å². The van der Waals surface area contributed by atoms with Crippen LogP contribution in [0.15, 0.2) is 6.07 Å². The van der Waals surface area contributed by atoms with Crippen molar-refractivity contribution < 1.29 is 4.79 Å². The molecule has 1 aliphatic carbocycles. The van der Waals surface area contributed by atoms with Gasteiger partial charge in [0.05, 0.1) is 11.7 Å². The van der Waals surface area contributed by atoms with E-state index in [1.165, 1.54) is 25.0 Å². The summed E-state index contributed by atoms with van der Waals surface area (Å²) in [7, 11) is 0. The fourth-order valence-corrected chi connectivity index (χ4v) is 3.70. The zero-order chi connectivity index (χ0) is 15.5. The Morgan fingerprint density at radius 3 is 2.64 bits per heavy atom. The van der Waals surface area contributed by atoms with E-state index in [1.54, 1.807) is 0 Å². The molecule has 0 spiro atoms. The van der Waals surface area contributed by atoms with Gasteiger partial charge < -0.3 is 5.32 Å². The van der Waals surface area contributed by atoms with Crippen LogP contribution in [0.25, 0.3) is 0 Å².